The molecule has 1 heterocycles. The van der Waals surface area contributed by atoms with E-state index < -0.39 is 0 Å². The molecule has 6 heteroatoms. The van der Waals surface area contributed by atoms with Crippen LogP contribution in [0.4, 0.5) is 5.13 Å². The van der Waals surface area contributed by atoms with Crippen molar-refractivity contribution in [3.05, 3.63) is 63.9 Å². The van der Waals surface area contributed by atoms with Crippen LogP contribution in [0.25, 0.3) is 11.3 Å². The second-order valence-electron chi connectivity index (χ2n) is 6.08. The minimum atomic E-state index is -0.225. The minimum absolute atomic E-state index is 0.0540. The highest BCUT2D eigenvalue weighted by Gasteiger charge is 2.12. The molecule has 0 saturated heterocycles. The number of nitrogens with one attached hydrogen (secondary N) is 1. The fraction of sp³-hybridized carbons (Fsp3) is 0.200. The summed E-state index contributed by atoms with van der Waals surface area (Å²) in [6, 6.07) is 15.7. The van der Waals surface area contributed by atoms with E-state index in [1.807, 2.05) is 53.9 Å². The van der Waals surface area contributed by atoms with E-state index in [4.69, 9.17) is 4.74 Å². The Morgan fingerprint density at radius 2 is 2.00 bits per heavy atom. The van der Waals surface area contributed by atoms with Crippen molar-refractivity contribution in [2.75, 3.05) is 11.9 Å². The van der Waals surface area contributed by atoms with E-state index in [2.05, 4.69) is 40.1 Å². The highest BCUT2D eigenvalue weighted by molar-refractivity contribution is 9.10. The topological polar surface area (TPSA) is 51.2 Å². The largest absolute Gasteiger partial charge is 0.483 e. The van der Waals surface area contributed by atoms with Gasteiger partial charge >= 0.3 is 0 Å². The number of benzene rings is 2. The summed E-state index contributed by atoms with van der Waals surface area (Å²) < 4.78 is 6.72. The number of halogens is 1. The summed E-state index contributed by atoms with van der Waals surface area (Å²) in [6.07, 6.45) is 0. The van der Waals surface area contributed by atoms with E-state index in [0.717, 1.165) is 27.0 Å². The number of rotatable bonds is 6. The van der Waals surface area contributed by atoms with Gasteiger partial charge < -0.3 is 4.74 Å². The van der Waals surface area contributed by atoms with Crippen LogP contribution in [0, 0.1) is 0 Å². The molecule has 0 aliphatic carbocycles. The maximum Gasteiger partial charge on any atom is 0.264 e. The molecule has 3 rings (SSSR count). The maximum atomic E-state index is 12.2. The number of carbonyl (C=O) groups is 1. The molecule has 1 amide bonds. The number of anilines is 1. The van der Waals surface area contributed by atoms with Gasteiger partial charge in [-0.3, -0.25) is 10.1 Å². The molecule has 1 aromatic heterocycles. The highest BCUT2D eigenvalue weighted by atomic mass is 79.9. The van der Waals surface area contributed by atoms with Crippen LogP contribution in [-0.2, 0) is 4.79 Å². The van der Waals surface area contributed by atoms with Crippen molar-refractivity contribution in [2.24, 2.45) is 0 Å². The fourth-order valence-electron chi connectivity index (χ4n) is 2.47. The van der Waals surface area contributed by atoms with Gasteiger partial charge in [0.05, 0.1) is 5.69 Å². The molecule has 2 aromatic carbocycles. The third-order valence-corrected chi connectivity index (χ3v) is 5.02. The molecule has 0 saturated carbocycles. The number of amides is 1. The molecule has 1 N–H and O–H groups in total. The van der Waals surface area contributed by atoms with E-state index in [1.54, 1.807) is 0 Å². The molecule has 0 spiro atoms. The number of thiazole rings is 1. The first-order valence-electron chi connectivity index (χ1n) is 8.26. The van der Waals surface area contributed by atoms with Gasteiger partial charge in [-0.25, -0.2) is 4.98 Å². The van der Waals surface area contributed by atoms with E-state index >= 15 is 0 Å². The highest BCUT2D eigenvalue weighted by Crippen LogP contribution is 2.29. The summed E-state index contributed by atoms with van der Waals surface area (Å²) in [4.78, 5) is 16.7. The molecule has 3 aromatic rings. The van der Waals surface area contributed by atoms with Crippen molar-refractivity contribution in [1.82, 2.24) is 4.98 Å². The van der Waals surface area contributed by atoms with Gasteiger partial charge in [-0.15, -0.1) is 11.3 Å². The zero-order valence-corrected chi connectivity index (χ0v) is 16.9. The Kier molecular flexibility index (Phi) is 6.06. The fourth-order valence-corrected chi connectivity index (χ4v) is 3.59. The molecule has 134 valence electrons. The van der Waals surface area contributed by atoms with E-state index in [1.165, 1.54) is 11.3 Å². The Balaban J connectivity index is 1.61. The third-order valence-electron chi connectivity index (χ3n) is 3.77. The minimum Gasteiger partial charge on any atom is -0.483 e. The van der Waals surface area contributed by atoms with Crippen LogP contribution in [0.5, 0.6) is 5.75 Å². The molecule has 0 unspecified atom stereocenters. The second kappa shape index (κ2) is 8.47. The molecular weight excluding hydrogens is 412 g/mol. The number of hydrogen-bond donors (Lipinski definition) is 1. The van der Waals surface area contributed by atoms with Gasteiger partial charge in [0, 0.05) is 15.4 Å². The smallest absolute Gasteiger partial charge is 0.264 e. The number of carbonyl (C=O) groups excluding carboxylic acids is 1. The first kappa shape index (κ1) is 18.6. The zero-order chi connectivity index (χ0) is 18.5. The Morgan fingerprint density at radius 1 is 1.23 bits per heavy atom. The molecule has 0 atom stereocenters. The summed E-state index contributed by atoms with van der Waals surface area (Å²) in [5, 5.41) is 5.29. The number of aromatic nitrogens is 1. The normalized spacial score (nSPS) is 10.8. The second-order valence-corrected chi connectivity index (χ2v) is 7.85. The average Bonchev–Trinajstić information content (AvgIpc) is 3.09. The van der Waals surface area contributed by atoms with Crippen LogP contribution < -0.4 is 10.1 Å². The SMILES string of the molecule is CC(C)c1cc(Br)ccc1OCC(=O)Nc1nc(-c2ccccc2)cs1. The lowest BCUT2D eigenvalue weighted by Gasteiger charge is -2.14. The molecule has 0 radical (unpaired) electrons. The van der Waals surface area contributed by atoms with Gasteiger partial charge in [0.15, 0.2) is 11.7 Å². The molecule has 0 aliphatic heterocycles. The van der Waals surface area contributed by atoms with Crippen LogP contribution in [-0.4, -0.2) is 17.5 Å². The summed E-state index contributed by atoms with van der Waals surface area (Å²) in [5.74, 6) is 0.803. The predicted octanol–water partition coefficient (Wildman–Crippen LogP) is 5.71. The summed E-state index contributed by atoms with van der Waals surface area (Å²) in [7, 11) is 0. The Labute approximate surface area is 165 Å². The van der Waals surface area contributed by atoms with E-state index in [0.29, 0.717) is 11.0 Å². The predicted molar refractivity (Wildman–Crippen MR) is 110 cm³/mol. The number of ether oxygens (including phenoxy) is 1. The number of hydrogen-bond acceptors (Lipinski definition) is 4. The lowest BCUT2D eigenvalue weighted by Crippen LogP contribution is -2.20. The molecule has 0 bridgehead atoms. The monoisotopic (exact) mass is 430 g/mol. The van der Waals surface area contributed by atoms with Gasteiger partial charge in [-0.1, -0.05) is 60.1 Å². The van der Waals surface area contributed by atoms with Crippen molar-refractivity contribution in [3.8, 4) is 17.0 Å². The standard InChI is InChI=1S/C20H19BrN2O2S/c1-13(2)16-10-15(21)8-9-18(16)25-11-19(24)23-20-22-17(12-26-20)14-6-4-3-5-7-14/h3-10,12-13H,11H2,1-2H3,(H,22,23,24). The molecule has 4 nitrogen and oxygen atoms in total. The molecule has 0 fully saturated rings. The quantitative estimate of drug-likeness (QED) is 0.544. The van der Waals surface area contributed by atoms with E-state index in [9.17, 15) is 4.79 Å². The van der Waals surface area contributed by atoms with Crippen molar-refractivity contribution in [2.45, 2.75) is 19.8 Å². The van der Waals surface area contributed by atoms with Gasteiger partial charge in [-0.05, 0) is 29.7 Å². The van der Waals surface area contributed by atoms with Crippen LogP contribution in [0.1, 0.15) is 25.3 Å². The van der Waals surface area contributed by atoms with Crippen LogP contribution in [0.15, 0.2) is 58.4 Å². The van der Waals surface area contributed by atoms with Crippen LogP contribution in [0.2, 0.25) is 0 Å². The number of nitrogens with zero attached hydrogens (tertiary/aromatic N) is 1. The van der Waals surface area contributed by atoms with Gasteiger partial charge in [0.1, 0.15) is 5.75 Å². The first-order chi connectivity index (χ1) is 12.5. The summed E-state index contributed by atoms with van der Waals surface area (Å²) in [5.41, 5.74) is 2.94. The molecule has 0 aliphatic rings. The third kappa shape index (κ3) is 4.71. The van der Waals surface area contributed by atoms with Crippen molar-refractivity contribution < 1.29 is 9.53 Å². The van der Waals surface area contributed by atoms with E-state index in [-0.39, 0.29) is 12.5 Å². The lowest BCUT2D eigenvalue weighted by atomic mass is 10.0. The first-order valence-corrected chi connectivity index (χ1v) is 9.93. The summed E-state index contributed by atoms with van der Waals surface area (Å²) >= 11 is 4.87. The maximum absolute atomic E-state index is 12.2. The molecule has 26 heavy (non-hydrogen) atoms. The van der Waals surface area contributed by atoms with Crippen molar-refractivity contribution >= 4 is 38.3 Å². The average molecular weight is 431 g/mol. The lowest BCUT2D eigenvalue weighted by molar-refractivity contribution is -0.118. The Morgan fingerprint density at radius 3 is 2.73 bits per heavy atom. The van der Waals surface area contributed by atoms with Crippen LogP contribution in [0.3, 0.4) is 0 Å². The van der Waals surface area contributed by atoms with Gasteiger partial charge in [-0.2, -0.15) is 0 Å². The zero-order valence-electron chi connectivity index (χ0n) is 14.5. The Hall–Kier alpha value is -2.18. The van der Waals surface area contributed by atoms with Gasteiger partial charge in [0.25, 0.3) is 5.91 Å². The van der Waals surface area contributed by atoms with Crippen molar-refractivity contribution in [1.29, 1.82) is 0 Å². The van der Waals surface area contributed by atoms with Crippen molar-refractivity contribution in [3.63, 3.8) is 0 Å². The Bertz CT molecular complexity index is 894. The van der Waals surface area contributed by atoms with Gasteiger partial charge in [0.2, 0.25) is 0 Å². The van der Waals surface area contributed by atoms with Crippen LogP contribution >= 0.6 is 27.3 Å². The summed E-state index contributed by atoms with van der Waals surface area (Å²) in [6.45, 7) is 4.13. The molecular formula is C20H19BrN2O2S.